The summed E-state index contributed by atoms with van der Waals surface area (Å²) in [5.41, 5.74) is -2.59. The third-order valence-electron chi connectivity index (χ3n) is 2.56. The van der Waals surface area contributed by atoms with Crippen molar-refractivity contribution in [1.82, 2.24) is 4.90 Å². The van der Waals surface area contributed by atoms with Gasteiger partial charge in [0.05, 0.1) is 6.61 Å². The van der Waals surface area contributed by atoms with E-state index in [1.807, 2.05) is 0 Å². The van der Waals surface area contributed by atoms with Crippen LogP contribution in [0, 0.1) is 29.1 Å². The van der Waals surface area contributed by atoms with Gasteiger partial charge in [-0.05, 0) is 6.92 Å². The number of carbonyl (C=O) groups excluding carboxylic acids is 2. The third-order valence-corrected chi connectivity index (χ3v) is 2.56. The average Bonchev–Trinajstić information content (AvgIpc) is 2.48. The molecule has 0 aromatic heterocycles. The number of benzene rings is 1. The van der Waals surface area contributed by atoms with Crippen molar-refractivity contribution in [3.8, 4) is 0 Å². The van der Waals surface area contributed by atoms with E-state index in [-0.39, 0.29) is 6.61 Å². The summed E-state index contributed by atoms with van der Waals surface area (Å²) in [6.45, 7) is 1.25. The predicted octanol–water partition coefficient (Wildman–Crippen LogP) is 2.57. The maximum absolute atomic E-state index is 13.7. The average molecular weight is 337 g/mol. The molecule has 9 heteroatoms. The van der Waals surface area contributed by atoms with Gasteiger partial charge in [0.2, 0.25) is 11.6 Å². The summed E-state index contributed by atoms with van der Waals surface area (Å²) in [5, 5.41) is 0. The van der Waals surface area contributed by atoms with Crippen molar-refractivity contribution >= 4 is 11.8 Å². The lowest BCUT2D eigenvalue weighted by Crippen LogP contribution is -2.22. The first-order valence-corrected chi connectivity index (χ1v) is 6.24. The largest absolute Gasteiger partial charge is 0.462 e. The number of hydrogen-bond acceptors (Lipinski definition) is 4. The topological polar surface area (TPSA) is 46.6 Å². The molecule has 0 aliphatic rings. The van der Waals surface area contributed by atoms with Crippen LogP contribution in [0.2, 0.25) is 0 Å². The highest BCUT2D eigenvalue weighted by atomic mass is 19.2. The van der Waals surface area contributed by atoms with Crippen molar-refractivity contribution in [2.45, 2.75) is 6.92 Å². The van der Waals surface area contributed by atoms with Crippen molar-refractivity contribution in [1.29, 1.82) is 0 Å². The van der Waals surface area contributed by atoms with Crippen LogP contribution in [0.25, 0.3) is 0 Å². The Labute approximate surface area is 128 Å². The minimum Gasteiger partial charge on any atom is -0.462 e. The second kappa shape index (κ2) is 7.21. The van der Waals surface area contributed by atoms with Gasteiger partial charge in [-0.1, -0.05) is 0 Å². The van der Waals surface area contributed by atoms with Crippen LogP contribution in [-0.4, -0.2) is 37.4 Å². The van der Waals surface area contributed by atoms with E-state index in [0.717, 1.165) is 6.20 Å². The number of esters is 1. The maximum atomic E-state index is 13.7. The molecular formula is C14H12F5NO3. The van der Waals surface area contributed by atoms with Crippen LogP contribution in [0.15, 0.2) is 11.8 Å². The van der Waals surface area contributed by atoms with Gasteiger partial charge in [0.25, 0.3) is 0 Å². The number of rotatable bonds is 5. The number of carbonyl (C=O) groups is 2. The van der Waals surface area contributed by atoms with Gasteiger partial charge >= 0.3 is 5.97 Å². The molecule has 1 aromatic rings. The van der Waals surface area contributed by atoms with Crippen molar-refractivity contribution in [2.24, 2.45) is 0 Å². The molecule has 0 aliphatic carbocycles. The van der Waals surface area contributed by atoms with E-state index < -0.39 is 52.0 Å². The zero-order valence-electron chi connectivity index (χ0n) is 12.3. The van der Waals surface area contributed by atoms with Gasteiger partial charge in [0.15, 0.2) is 23.3 Å². The second-order valence-corrected chi connectivity index (χ2v) is 4.50. The molecule has 0 amide bonds. The molecule has 0 aliphatic heterocycles. The van der Waals surface area contributed by atoms with E-state index in [1.165, 1.54) is 25.9 Å². The summed E-state index contributed by atoms with van der Waals surface area (Å²) in [5.74, 6) is -14.5. The molecular weight excluding hydrogens is 325 g/mol. The fourth-order valence-electron chi connectivity index (χ4n) is 1.61. The van der Waals surface area contributed by atoms with Gasteiger partial charge in [-0.3, -0.25) is 4.79 Å². The lowest BCUT2D eigenvalue weighted by atomic mass is 10.0. The van der Waals surface area contributed by atoms with Crippen LogP contribution in [0.4, 0.5) is 22.0 Å². The molecule has 0 unspecified atom stereocenters. The van der Waals surface area contributed by atoms with E-state index in [4.69, 9.17) is 0 Å². The SMILES string of the molecule is CCOC(=O)/C(=C\N(C)C)C(=O)c1c(F)c(F)c(F)c(F)c1F. The molecule has 1 aromatic carbocycles. The summed E-state index contributed by atoms with van der Waals surface area (Å²) < 4.78 is 71.2. The number of hydrogen-bond donors (Lipinski definition) is 0. The molecule has 0 spiro atoms. The molecule has 0 heterocycles. The highest BCUT2D eigenvalue weighted by Gasteiger charge is 2.33. The first-order chi connectivity index (χ1) is 10.6. The minimum absolute atomic E-state index is 0.159. The lowest BCUT2D eigenvalue weighted by Gasteiger charge is -2.12. The van der Waals surface area contributed by atoms with Crippen LogP contribution in [0.5, 0.6) is 0 Å². The first kappa shape index (κ1) is 18.6. The zero-order chi connectivity index (χ0) is 17.9. The molecule has 1 rings (SSSR count). The molecule has 0 fully saturated rings. The number of ether oxygens (including phenoxy) is 1. The molecule has 4 nitrogen and oxygen atoms in total. The molecule has 126 valence electrons. The van der Waals surface area contributed by atoms with E-state index >= 15 is 0 Å². The lowest BCUT2D eigenvalue weighted by molar-refractivity contribution is -0.138. The van der Waals surface area contributed by atoms with Crippen molar-refractivity contribution in [3.05, 3.63) is 46.4 Å². The van der Waals surface area contributed by atoms with Crippen LogP contribution >= 0.6 is 0 Å². The quantitative estimate of drug-likeness (QED) is 0.121. The Morgan fingerprint density at radius 2 is 1.39 bits per heavy atom. The molecule has 0 N–H and O–H groups in total. The fraction of sp³-hybridized carbons (Fsp3) is 0.286. The summed E-state index contributed by atoms with van der Waals surface area (Å²) in [6.07, 6.45) is 0.859. The van der Waals surface area contributed by atoms with Gasteiger partial charge in [-0.2, -0.15) is 0 Å². The zero-order valence-corrected chi connectivity index (χ0v) is 12.3. The van der Waals surface area contributed by atoms with Gasteiger partial charge < -0.3 is 9.64 Å². The molecule has 0 bridgehead atoms. The molecule has 23 heavy (non-hydrogen) atoms. The van der Waals surface area contributed by atoms with Gasteiger partial charge in [-0.25, -0.2) is 26.7 Å². The van der Waals surface area contributed by atoms with E-state index in [9.17, 15) is 31.5 Å². The van der Waals surface area contributed by atoms with Crippen molar-refractivity contribution in [2.75, 3.05) is 20.7 Å². The van der Waals surface area contributed by atoms with Crippen LogP contribution in [0.3, 0.4) is 0 Å². The fourth-order valence-corrected chi connectivity index (χ4v) is 1.61. The van der Waals surface area contributed by atoms with E-state index in [1.54, 1.807) is 0 Å². The molecule has 0 saturated carbocycles. The van der Waals surface area contributed by atoms with Gasteiger partial charge in [-0.15, -0.1) is 0 Å². The van der Waals surface area contributed by atoms with Crippen LogP contribution in [0.1, 0.15) is 17.3 Å². The maximum Gasteiger partial charge on any atom is 0.343 e. The second-order valence-electron chi connectivity index (χ2n) is 4.50. The smallest absolute Gasteiger partial charge is 0.343 e. The molecule has 0 radical (unpaired) electrons. The predicted molar refractivity (Wildman–Crippen MR) is 69.0 cm³/mol. The summed E-state index contributed by atoms with van der Waals surface area (Å²) in [4.78, 5) is 25.0. The molecule has 0 atom stereocenters. The van der Waals surface area contributed by atoms with Crippen LogP contribution < -0.4 is 0 Å². The highest BCUT2D eigenvalue weighted by Crippen LogP contribution is 2.25. The van der Waals surface area contributed by atoms with Gasteiger partial charge in [0, 0.05) is 20.3 Å². The van der Waals surface area contributed by atoms with Crippen molar-refractivity contribution < 1.29 is 36.3 Å². The number of Topliss-reactive ketones (excluding diaryl/α,β-unsaturated/α-hetero) is 1. The Morgan fingerprint density at radius 1 is 0.957 bits per heavy atom. The van der Waals surface area contributed by atoms with E-state index in [0.29, 0.717) is 0 Å². The van der Waals surface area contributed by atoms with Gasteiger partial charge in [0.1, 0.15) is 11.1 Å². The third kappa shape index (κ3) is 3.66. The summed E-state index contributed by atoms with van der Waals surface area (Å²) >= 11 is 0. The highest BCUT2D eigenvalue weighted by molar-refractivity contribution is 6.24. The Balaban J connectivity index is 3.56. The summed E-state index contributed by atoms with van der Waals surface area (Å²) in [7, 11) is 2.76. The summed E-state index contributed by atoms with van der Waals surface area (Å²) in [6, 6.07) is 0. The Hall–Kier alpha value is -2.45. The number of halogens is 5. The van der Waals surface area contributed by atoms with E-state index in [2.05, 4.69) is 4.74 Å². The number of ketones is 1. The van der Waals surface area contributed by atoms with Crippen LogP contribution in [-0.2, 0) is 9.53 Å². The monoisotopic (exact) mass is 337 g/mol. The normalized spacial score (nSPS) is 11.4. The number of nitrogens with zero attached hydrogens (tertiary/aromatic N) is 1. The standard InChI is InChI=1S/C14H12F5NO3/c1-4-23-14(22)6(5-20(2)3)13(21)7-8(15)10(17)12(19)11(18)9(7)16/h5H,4H2,1-3H3/b6-5-. The Bertz CT molecular complexity index is 656. The first-order valence-electron chi connectivity index (χ1n) is 6.24. The Kier molecular flexibility index (Phi) is 5.83. The van der Waals surface area contributed by atoms with Crippen molar-refractivity contribution in [3.63, 3.8) is 0 Å². The Morgan fingerprint density at radius 3 is 1.78 bits per heavy atom. The minimum atomic E-state index is -2.40. The molecule has 0 saturated heterocycles.